The lowest BCUT2D eigenvalue weighted by Crippen LogP contribution is -2.26. The molecule has 2 heterocycles. The number of halogens is 2. The Kier molecular flexibility index (Phi) is 9.19. The van der Waals surface area contributed by atoms with Crippen molar-refractivity contribution in [2.24, 2.45) is 5.92 Å². The lowest BCUT2D eigenvalue weighted by molar-refractivity contribution is -0.143. The molecule has 1 aromatic heterocycles. The number of nitrogens with zero attached hydrogens (tertiary/aromatic N) is 2. The fraction of sp³-hybridized carbons (Fsp3) is 0.400. The number of carbonyl (C=O) groups excluding carboxylic acids is 1. The van der Waals surface area contributed by atoms with E-state index in [0.29, 0.717) is 60.6 Å². The van der Waals surface area contributed by atoms with E-state index in [1.807, 2.05) is 30.3 Å². The molecule has 1 amide bonds. The van der Waals surface area contributed by atoms with Crippen molar-refractivity contribution in [3.63, 3.8) is 0 Å². The standard InChI is InChI=1S/C25H28Cl2N2O5/c1-3-34-23(30)6-4-5-17-7-8-18(14-21(17)27)19(13-16-11-12-29(15-16)25(31)32)22-10-9-20(26)24(28-22)33-2/h7-10,13-14,16H,3-6,11-12,15H2,1-2H3,(H,31,32)/b19-13+/t16-/m1/s1. The SMILES string of the molecule is CCOC(=O)CCCc1ccc(/C(=C\[C@H]2CCN(C(=O)O)C2)c2ccc(Cl)c(OC)n2)cc1Cl. The quantitative estimate of drug-likeness (QED) is 0.437. The Bertz CT molecular complexity index is 1070. The van der Waals surface area contributed by atoms with E-state index in [1.54, 1.807) is 13.0 Å². The van der Waals surface area contributed by atoms with Crippen LogP contribution in [0.1, 0.15) is 43.0 Å². The third-order valence-electron chi connectivity index (χ3n) is 5.68. The molecule has 9 heteroatoms. The van der Waals surface area contributed by atoms with Gasteiger partial charge >= 0.3 is 12.1 Å². The van der Waals surface area contributed by atoms with Crippen molar-refractivity contribution in [1.82, 2.24) is 9.88 Å². The zero-order chi connectivity index (χ0) is 24.7. The number of ether oxygens (including phenoxy) is 2. The van der Waals surface area contributed by atoms with Crippen LogP contribution in [0.15, 0.2) is 36.4 Å². The number of likely N-dealkylation sites (tertiary alicyclic amines) is 1. The Morgan fingerprint density at radius 2 is 2.03 bits per heavy atom. The van der Waals surface area contributed by atoms with Crippen LogP contribution in [0.4, 0.5) is 4.79 Å². The van der Waals surface area contributed by atoms with Crippen LogP contribution < -0.4 is 4.74 Å². The minimum Gasteiger partial charge on any atom is -0.480 e. The minimum absolute atomic E-state index is 0.0394. The smallest absolute Gasteiger partial charge is 0.407 e. The lowest BCUT2D eigenvalue weighted by Gasteiger charge is -2.15. The summed E-state index contributed by atoms with van der Waals surface area (Å²) in [4.78, 5) is 28.9. The normalized spacial score (nSPS) is 15.9. The molecule has 0 spiro atoms. The van der Waals surface area contributed by atoms with Gasteiger partial charge in [0.25, 0.3) is 0 Å². The summed E-state index contributed by atoms with van der Waals surface area (Å²) in [7, 11) is 1.51. The maximum Gasteiger partial charge on any atom is 0.407 e. The van der Waals surface area contributed by atoms with Gasteiger partial charge in [-0.1, -0.05) is 41.4 Å². The van der Waals surface area contributed by atoms with E-state index in [9.17, 15) is 14.7 Å². The highest BCUT2D eigenvalue weighted by Crippen LogP contribution is 2.33. The Hall–Kier alpha value is -2.77. The fourth-order valence-electron chi connectivity index (χ4n) is 3.95. The van der Waals surface area contributed by atoms with Crippen LogP contribution in [0.3, 0.4) is 0 Å². The summed E-state index contributed by atoms with van der Waals surface area (Å²) in [5.41, 5.74) is 3.27. The average Bonchev–Trinajstić information content (AvgIpc) is 3.28. The van der Waals surface area contributed by atoms with Gasteiger partial charge in [0.15, 0.2) is 0 Å². The fourth-order valence-corrected chi connectivity index (χ4v) is 4.41. The number of pyridine rings is 1. The minimum atomic E-state index is -0.918. The van der Waals surface area contributed by atoms with E-state index < -0.39 is 6.09 Å². The summed E-state index contributed by atoms with van der Waals surface area (Å²) in [6, 6.07) is 9.31. The summed E-state index contributed by atoms with van der Waals surface area (Å²) in [5, 5.41) is 10.3. The average molecular weight is 507 g/mol. The van der Waals surface area contributed by atoms with Crippen LogP contribution in [-0.2, 0) is 16.0 Å². The van der Waals surface area contributed by atoms with Gasteiger partial charge in [-0.25, -0.2) is 9.78 Å². The number of methoxy groups -OCH3 is 1. The molecule has 1 atom stereocenters. The van der Waals surface area contributed by atoms with Gasteiger partial charge < -0.3 is 19.5 Å². The van der Waals surface area contributed by atoms with Crippen LogP contribution in [-0.4, -0.2) is 53.9 Å². The molecule has 0 radical (unpaired) electrons. The number of aryl methyl sites for hydroxylation is 1. The summed E-state index contributed by atoms with van der Waals surface area (Å²) < 4.78 is 10.3. The first-order valence-corrected chi connectivity index (χ1v) is 11.9. The molecule has 34 heavy (non-hydrogen) atoms. The van der Waals surface area contributed by atoms with Crippen molar-refractivity contribution in [2.45, 2.75) is 32.6 Å². The molecule has 7 nitrogen and oxygen atoms in total. The number of rotatable bonds is 9. The van der Waals surface area contributed by atoms with E-state index in [4.69, 9.17) is 32.7 Å². The highest BCUT2D eigenvalue weighted by molar-refractivity contribution is 6.32. The number of hydrogen-bond donors (Lipinski definition) is 1. The molecule has 3 rings (SSSR count). The van der Waals surface area contributed by atoms with Gasteiger partial charge in [-0.3, -0.25) is 4.79 Å². The number of carboxylic acid groups (broad SMARTS) is 1. The molecular weight excluding hydrogens is 479 g/mol. The number of esters is 1. The number of amides is 1. The van der Waals surface area contributed by atoms with Crippen molar-refractivity contribution in [3.05, 3.63) is 63.3 Å². The second-order valence-corrected chi connectivity index (χ2v) is 8.82. The molecule has 1 saturated heterocycles. The first kappa shape index (κ1) is 25.8. The van der Waals surface area contributed by atoms with E-state index in [0.717, 1.165) is 23.1 Å². The second kappa shape index (κ2) is 12.1. The summed E-state index contributed by atoms with van der Waals surface area (Å²) in [6.07, 6.45) is 3.49. The van der Waals surface area contributed by atoms with Gasteiger partial charge in [0, 0.05) is 30.1 Å². The van der Waals surface area contributed by atoms with Crippen LogP contribution in [0.2, 0.25) is 10.0 Å². The summed E-state index contributed by atoms with van der Waals surface area (Å²) in [6.45, 7) is 3.07. The molecule has 0 aliphatic carbocycles. The molecule has 0 bridgehead atoms. The highest BCUT2D eigenvalue weighted by atomic mass is 35.5. The largest absolute Gasteiger partial charge is 0.480 e. The first-order chi connectivity index (χ1) is 16.3. The molecular formula is C25H28Cl2N2O5. The molecule has 1 fully saturated rings. The predicted molar refractivity (Wildman–Crippen MR) is 132 cm³/mol. The van der Waals surface area contributed by atoms with Crippen LogP contribution in [0.5, 0.6) is 5.88 Å². The van der Waals surface area contributed by atoms with Gasteiger partial charge in [-0.2, -0.15) is 0 Å². The zero-order valence-electron chi connectivity index (χ0n) is 19.2. The molecule has 0 saturated carbocycles. The van der Waals surface area contributed by atoms with Crippen LogP contribution >= 0.6 is 23.2 Å². The highest BCUT2D eigenvalue weighted by Gasteiger charge is 2.25. The maximum absolute atomic E-state index is 11.6. The third kappa shape index (κ3) is 6.64. The van der Waals surface area contributed by atoms with Crippen LogP contribution in [0.25, 0.3) is 5.57 Å². The van der Waals surface area contributed by atoms with E-state index >= 15 is 0 Å². The van der Waals surface area contributed by atoms with Gasteiger partial charge in [0.2, 0.25) is 5.88 Å². The molecule has 2 aromatic rings. The predicted octanol–water partition coefficient (Wildman–Crippen LogP) is 5.71. The summed E-state index contributed by atoms with van der Waals surface area (Å²) >= 11 is 12.8. The second-order valence-electron chi connectivity index (χ2n) is 8.01. The zero-order valence-corrected chi connectivity index (χ0v) is 20.7. The Balaban J connectivity index is 1.89. The number of carbonyl (C=O) groups is 2. The Morgan fingerprint density at radius 1 is 1.24 bits per heavy atom. The maximum atomic E-state index is 11.6. The Labute approximate surface area is 209 Å². The molecule has 1 aliphatic rings. The summed E-state index contributed by atoms with van der Waals surface area (Å²) in [5.74, 6) is 0.137. The molecule has 1 aliphatic heterocycles. The van der Waals surface area contributed by atoms with Crippen molar-refractivity contribution >= 4 is 40.8 Å². The monoisotopic (exact) mass is 506 g/mol. The molecule has 182 valence electrons. The van der Waals surface area contributed by atoms with Crippen molar-refractivity contribution in [3.8, 4) is 5.88 Å². The molecule has 1 aromatic carbocycles. The van der Waals surface area contributed by atoms with Gasteiger partial charge in [-0.15, -0.1) is 0 Å². The van der Waals surface area contributed by atoms with Gasteiger partial charge in [0.1, 0.15) is 5.02 Å². The van der Waals surface area contributed by atoms with E-state index in [1.165, 1.54) is 12.0 Å². The first-order valence-electron chi connectivity index (χ1n) is 11.2. The van der Waals surface area contributed by atoms with Crippen LogP contribution in [0, 0.1) is 5.92 Å². The Morgan fingerprint density at radius 3 is 2.68 bits per heavy atom. The van der Waals surface area contributed by atoms with E-state index in [-0.39, 0.29) is 11.9 Å². The lowest BCUT2D eigenvalue weighted by atomic mass is 9.95. The topological polar surface area (TPSA) is 89.0 Å². The molecule has 1 N–H and O–H groups in total. The van der Waals surface area contributed by atoms with Crippen molar-refractivity contribution in [2.75, 3.05) is 26.8 Å². The molecule has 0 unspecified atom stereocenters. The number of hydrogen-bond acceptors (Lipinski definition) is 5. The van der Waals surface area contributed by atoms with Crippen molar-refractivity contribution in [1.29, 1.82) is 0 Å². The van der Waals surface area contributed by atoms with E-state index in [2.05, 4.69) is 4.98 Å². The van der Waals surface area contributed by atoms with Crippen molar-refractivity contribution < 1.29 is 24.2 Å². The van der Waals surface area contributed by atoms with Gasteiger partial charge in [0.05, 0.1) is 19.4 Å². The number of benzene rings is 1. The van der Waals surface area contributed by atoms with Gasteiger partial charge in [-0.05, 0) is 61.4 Å². The third-order valence-corrected chi connectivity index (χ3v) is 6.32. The number of aromatic nitrogens is 1.